The monoisotopic (exact) mass is 562 g/mol. The summed E-state index contributed by atoms with van der Waals surface area (Å²) in [4.78, 5) is 31.4. The quantitative estimate of drug-likeness (QED) is 0.346. The average molecular weight is 563 g/mol. The first-order valence-electron chi connectivity index (χ1n) is 12.4. The minimum atomic E-state index is -3.79. The Labute approximate surface area is 230 Å². The number of rotatable bonds is 5. The van der Waals surface area contributed by atoms with Crippen molar-refractivity contribution in [3.8, 4) is 12.3 Å². The lowest BCUT2D eigenvalue weighted by Crippen LogP contribution is -2.50. The van der Waals surface area contributed by atoms with Crippen LogP contribution in [0.2, 0.25) is 0 Å². The van der Waals surface area contributed by atoms with Crippen molar-refractivity contribution in [3.05, 3.63) is 71.0 Å². The predicted molar refractivity (Wildman–Crippen MR) is 150 cm³/mol. The fraction of sp³-hybridized carbons (Fsp3) is 0.250. The summed E-state index contributed by atoms with van der Waals surface area (Å²) < 4.78 is 35.4. The SMILES string of the molecule is C#CCn1c(=NC(=O)c2ccc(S(=O)(=O)N3CCN(C(=O)OCC)CC3)cc2)sc2c3ccccc3ccc21. The van der Waals surface area contributed by atoms with E-state index in [1.807, 2.05) is 41.0 Å². The molecule has 2 amide bonds. The summed E-state index contributed by atoms with van der Waals surface area (Å²) in [7, 11) is -3.79. The van der Waals surface area contributed by atoms with Crippen molar-refractivity contribution in [1.29, 1.82) is 0 Å². The topological polar surface area (TPSA) is 101 Å². The molecule has 1 aliphatic heterocycles. The molecule has 5 rings (SSSR count). The molecule has 3 aromatic carbocycles. The first kappa shape index (κ1) is 26.6. The van der Waals surface area contributed by atoms with Crippen LogP contribution in [-0.4, -0.2) is 67.0 Å². The summed E-state index contributed by atoms with van der Waals surface area (Å²) >= 11 is 1.39. The number of piperazine rings is 1. The van der Waals surface area contributed by atoms with Crippen LogP contribution in [-0.2, 0) is 21.3 Å². The number of hydrogen-bond donors (Lipinski definition) is 0. The molecule has 2 heterocycles. The number of amides is 2. The standard InChI is InChI=1S/C28H26N4O5S2/c1-3-15-32-24-14-11-20-7-5-6-8-23(20)25(24)38-27(32)29-26(33)21-9-12-22(13-10-21)39(35,36)31-18-16-30(17-19-31)28(34)37-4-2/h1,5-14H,4,15-19H2,2H3. The van der Waals surface area contributed by atoms with Crippen molar-refractivity contribution in [2.45, 2.75) is 18.4 Å². The Bertz CT molecular complexity index is 1770. The van der Waals surface area contributed by atoms with Crippen LogP contribution in [0, 0.1) is 12.3 Å². The van der Waals surface area contributed by atoms with Crippen molar-refractivity contribution in [2.24, 2.45) is 4.99 Å². The first-order valence-corrected chi connectivity index (χ1v) is 14.6. The highest BCUT2D eigenvalue weighted by Crippen LogP contribution is 2.27. The number of terminal acetylenes is 1. The Hall–Kier alpha value is -3.98. The van der Waals surface area contributed by atoms with E-state index in [2.05, 4.69) is 10.9 Å². The minimum absolute atomic E-state index is 0.0689. The van der Waals surface area contributed by atoms with Gasteiger partial charge in [-0.15, -0.1) is 6.42 Å². The zero-order chi connectivity index (χ0) is 27.6. The normalized spacial score (nSPS) is 15.0. The van der Waals surface area contributed by atoms with Crippen LogP contribution < -0.4 is 4.80 Å². The smallest absolute Gasteiger partial charge is 0.409 e. The van der Waals surface area contributed by atoms with E-state index in [1.165, 1.54) is 44.8 Å². The zero-order valence-electron chi connectivity index (χ0n) is 21.2. The molecule has 1 fully saturated rings. The molecule has 0 N–H and O–H groups in total. The molecule has 11 heteroatoms. The number of carbonyl (C=O) groups excluding carboxylic acids is 2. The fourth-order valence-corrected chi connectivity index (χ4v) is 7.11. The highest BCUT2D eigenvalue weighted by molar-refractivity contribution is 7.89. The molecular formula is C28H26N4O5S2. The molecule has 0 radical (unpaired) electrons. The average Bonchev–Trinajstić information content (AvgIpc) is 3.30. The number of fused-ring (bicyclic) bond motifs is 3. The molecule has 0 atom stereocenters. The Morgan fingerprint density at radius 3 is 2.44 bits per heavy atom. The number of hydrogen-bond acceptors (Lipinski definition) is 6. The highest BCUT2D eigenvalue weighted by Gasteiger charge is 2.30. The van der Waals surface area contributed by atoms with Gasteiger partial charge in [-0.1, -0.05) is 47.6 Å². The third kappa shape index (κ3) is 5.18. The molecule has 200 valence electrons. The number of carbonyl (C=O) groups is 2. The number of benzene rings is 3. The lowest BCUT2D eigenvalue weighted by atomic mass is 10.1. The molecule has 9 nitrogen and oxygen atoms in total. The molecule has 4 aromatic rings. The van der Waals surface area contributed by atoms with Crippen molar-refractivity contribution in [3.63, 3.8) is 0 Å². The molecule has 0 saturated carbocycles. The Balaban J connectivity index is 1.39. The van der Waals surface area contributed by atoms with Crippen molar-refractivity contribution < 1.29 is 22.7 Å². The van der Waals surface area contributed by atoms with E-state index in [9.17, 15) is 18.0 Å². The highest BCUT2D eigenvalue weighted by atomic mass is 32.2. The van der Waals surface area contributed by atoms with Gasteiger partial charge in [0, 0.05) is 37.1 Å². The molecule has 0 spiro atoms. The number of sulfonamides is 1. The third-order valence-corrected chi connectivity index (χ3v) is 9.56. The first-order chi connectivity index (χ1) is 18.8. The van der Waals surface area contributed by atoms with Crippen molar-refractivity contribution >= 4 is 54.3 Å². The zero-order valence-corrected chi connectivity index (χ0v) is 22.9. The van der Waals surface area contributed by atoms with Crippen LogP contribution in [0.15, 0.2) is 70.6 Å². The molecule has 0 unspecified atom stereocenters. The molecule has 39 heavy (non-hydrogen) atoms. The predicted octanol–water partition coefficient (Wildman–Crippen LogP) is 3.69. The number of ether oxygens (including phenoxy) is 1. The van der Waals surface area contributed by atoms with Crippen LogP contribution in [0.5, 0.6) is 0 Å². The van der Waals surface area contributed by atoms with E-state index in [-0.39, 0.29) is 49.8 Å². The summed E-state index contributed by atoms with van der Waals surface area (Å²) in [6, 6.07) is 17.7. The molecule has 0 bridgehead atoms. The lowest BCUT2D eigenvalue weighted by molar-refractivity contribution is 0.0933. The second-order valence-electron chi connectivity index (χ2n) is 8.84. The van der Waals surface area contributed by atoms with Crippen LogP contribution in [0.4, 0.5) is 4.79 Å². The molecular weight excluding hydrogens is 536 g/mol. The summed E-state index contributed by atoms with van der Waals surface area (Å²) in [6.07, 6.45) is 5.16. The van der Waals surface area contributed by atoms with Gasteiger partial charge in [-0.3, -0.25) is 4.79 Å². The summed E-state index contributed by atoms with van der Waals surface area (Å²) in [5.74, 6) is 2.14. The van der Waals surface area contributed by atoms with Gasteiger partial charge in [0.05, 0.1) is 28.3 Å². The second-order valence-corrected chi connectivity index (χ2v) is 11.8. The number of nitrogens with zero attached hydrogens (tertiary/aromatic N) is 4. The summed E-state index contributed by atoms with van der Waals surface area (Å²) in [5, 5.41) is 2.13. The van der Waals surface area contributed by atoms with Gasteiger partial charge in [0.25, 0.3) is 5.91 Å². The van der Waals surface area contributed by atoms with E-state index in [4.69, 9.17) is 11.2 Å². The Morgan fingerprint density at radius 1 is 1.03 bits per heavy atom. The van der Waals surface area contributed by atoms with Gasteiger partial charge in [-0.25, -0.2) is 13.2 Å². The van der Waals surface area contributed by atoms with Crippen LogP contribution >= 0.6 is 11.3 Å². The van der Waals surface area contributed by atoms with E-state index in [0.717, 1.165) is 21.0 Å². The van der Waals surface area contributed by atoms with Crippen LogP contribution in [0.1, 0.15) is 17.3 Å². The third-order valence-electron chi connectivity index (χ3n) is 6.52. The van der Waals surface area contributed by atoms with Gasteiger partial charge in [-0.05, 0) is 42.6 Å². The van der Waals surface area contributed by atoms with E-state index in [1.54, 1.807) is 6.92 Å². The second kappa shape index (κ2) is 11.0. The van der Waals surface area contributed by atoms with Gasteiger partial charge >= 0.3 is 6.09 Å². The minimum Gasteiger partial charge on any atom is -0.450 e. The van der Waals surface area contributed by atoms with E-state index < -0.39 is 22.0 Å². The van der Waals surface area contributed by atoms with Gasteiger partial charge in [0.15, 0.2) is 4.80 Å². The van der Waals surface area contributed by atoms with Crippen LogP contribution in [0.25, 0.3) is 21.0 Å². The summed E-state index contributed by atoms with van der Waals surface area (Å²) in [5.41, 5.74) is 1.16. The molecule has 0 aliphatic carbocycles. The largest absolute Gasteiger partial charge is 0.450 e. The fourth-order valence-electron chi connectivity index (χ4n) is 4.52. The maximum Gasteiger partial charge on any atom is 0.409 e. The maximum absolute atomic E-state index is 13.1. The number of thiazole rings is 1. The molecule has 1 saturated heterocycles. The Morgan fingerprint density at radius 2 is 1.74 bits per heavy atom. The molecule has 1 aromatic heterocycles. The van der Waals surface area contributed by atoms with Crippen molar-refractivity contribution in [1.82, 2.24) is 13.8 Å². The molecule has 1 aliphatic rings. The van der Waals surface area contributed by atoms with Crippen molar-refractivity contribution in [2.75, 3.05) is 32.8 Å². The van der Waals surface area contributed by atoms with E-state index in [0.29, 0.717) is 4.80 Å². The van der Waals surface area contributed by atoms with Crippen LogP contribution in [0.3, 0.4) is 0 Å². The number of aromatic nitrogens is 1. The maximum atomic E-state index is 13.1. The summed E-state index contributed by atoms with van der Waals surface area (Å²) in [6.45, 7) is 3.05. The van der Waals surface area contributed by atoms with Gasteiger partial charge in [0.1, 0.15) is 0 Å². The van der Waals surface area contributed by atoms with Gasteiger partial charge < -0.3 is 14.2 Å². The Kier molecular flexibility index (Phi) is 7.52. The lowest BCUT2D eigenvalue weighted by Gasteiger charge is -2.33. The van der Waals surface area contributed by atoms with E-state index >= 15 is 0 Å². The van der Waals surface area contributed by atoms with Gasteiger partial charge in [0.2, 0.25) is 10.0 Å². The van der Waals surface area contributed by atoms with Gasteiger partial charge in [-0.2, -0.15) is 9.30 Å².